The molecule has 0 atom stereocenters. The summed E-state index contributed by atoms with van der Waals surface area (Å²) in [5.74, 6) is -0.950. The number of aliphatic hydroxyl groups excluding tert-OH is 1. The molecule has 0 saturated heterocycles. The van der Waals surface area contributed by atoms with E-state index < -0.39 is 5.91 Å². The molecule has 1 aromatic heterocycles. The van der Waals surface area contributed by atoms with E-state index in [1.165, 1.54) is 6.92 Å². The van der Waals surface area contributed by atoms with Crippen molar-refractivity contribution >= 4 is 22.5 Å². The number of aromatic nitrogens is 2. The molecule has 18 heavy (non-hydrogen) atoms. The molecule has 3 N–H and O–H groups in total. The number of allylic oxidation sites excluding steroid dienone is 1. The molecule has 0 saturated carbocycles. The van der Waals surface area contributed by atoms with Crippen LogP contribution in [0.4, 0.5) is 5.69 Å². The predicted molar refractivity (Wildman–Crippen MR) is 65.7 cm³/mol. The second-order valence-corrected chi connectivity index (χ2v) is 3.70. The van der Waals surface area contributed by atoms with Gasteiger partial charge in [0.05, 0.1) is 11.7 Å². The average molecular weight is 242 g/mol. The topological polar surface area (TPSA) is 102 Å². The van der Waals surface area contributed by atoms with Gasteiger partial charge in [-0.3, -0.25) is 9.89 Å². The van der Waals surface area contributed by atoms with Gasteiger partial charge in [-0.15, -0.1) is 0 Å². The molecule has 1 amide bonds. The summed E-state index contributed by atoms with van der Waals surface area (Å²) in [5.41, 5.74) is 0.987. The first-order valence-electron chi connectivity index (χ1n) is 5.16. The number of nitrogens with one attached hydrogen (secondary N) is 2. The highest BCUT2D eigenvalue weighted by atomic mass is 16.3. The number of rotatable bonds is 2. The Kier molecular flexibility index (Phi) is 2.98. The van der Waals surface area contributed by atoms with E-state index in [1.807, 2.05) is 0 Å². The van der Waals surface area contributed by atoms with E-state index in [-0.39, 0.29) is 11.3 Å². The molecule has 0 aliphatic carbocycles. The maximum absolute atomic E-state index is 11.7. The fourth-order valence-corrected chi connectivity index (χ4v) is 1.50. The maximum Gasteiger partial charge on any atom is 0.269 e. The third-order valence-corrected chi connectivity index (χ3v) is 2.40. The Morgan fingerprint density at radius 1 is 1.56 bits per heavy atom. The van der Waals surface area contributed by atoms with Crippen molar-refractivity contribution in [3.8, 4) is 6.07 Å². The zero-order valence-electron chi connectivity index (χ0n) is 9.56. The van der Waals surface area contributed by atoms with Crippen molar-refractivity contribution in [1.29, 1.82) is 5.26 Å². The van der Waals surface area contributed by atoms with E-state index in [0.29, 0.717) is 5.69 Å². The minimum absolute atomic E-state index is 0.306. The number of benzene rings is 1. The van der Waals surface area contributed by atoms with Gasteiger partial charge in [-0.2, -0.15) is 10.4 Å². The SMILES string of the molecule is C/C(O)=C(\C#N)C(=O)Nc1ccc2cn[nH]c2c1. The van der Waals surface area contributed by atoms with Crippen molar-refractivity contribution in [3.05, 3.63) is 35.7 Å². The lowest BCUT2D eigenvalue weighted by molar-refractivity contribution is -0.112. The van der Waals surface area contributed by atoms with Crippen LogP contribution in [0.3, 0.4) is 0 Å². The molecule has 0 aliphatic rings. The quantitative estimate of drug-likeness (QED) is 0.425. The number of aromatic amines is 1. The molecule has 0 unspecified atom stereocenters. The molecule has 0 fully saturated rings. The van der Waals surface area contributed by atoms with Gasteiger partial charge in [0.2, 0.25) is 0 Å². The Bertz CT molecular complexity index is 675. The fraction of sp³-hybridized carbons (Fsp3) is 0.0833. The average Bonchev–Trinajstić information content (AvgIpc) is 2.76. The normalized spacial score (nSPS) is 11.8. The molecule has 2 rings (SSSR count). The summed E-state index contributed by atoms with van der Waals surface area (Å²) in [6.07, 6.45) is 1.67. The summed E-state index contributed by atoms with van der Waals surface area (Å²) < 4.78 is 0. The number of aliphatic hydroxyl groups is 1. The smallest absolute Gasteiger partial charge is 0.269 e. The van der Waals surface area contributed by atoms with Crippen LogP contribution in [0.5, 0.6) is 0 Å². The first-order valence-corrected chi connectivity index (χ1v) is 5.16. The molecule has 1 heterocycles. The van der Waals surface area contributed by atoms with Gasteiger partial charge < -0.3 is 10.4 Å². The zero-order valence-corrected chi connectivity index (χ0v) is 9.56. The molecule has 6 heteroatoms. The molecule has 6 nitrogen and oxygen atoms in total. The molecule has 90 valence electrons. The summed E-state index contributed by atoms with van der Waals surface area (Å²) in [6.45, 7) is 1.29. The van der Waals surface area contributed by atoms with E-state index >= 15 is 0 Å². The highest BCUT2D eigenvalue weighted by Crippen LogP contribution is 2.17. The predicted octanol–water partition coefficient (Wildman–Crippen LogP) is 1.86. The largest absolute Gasteiger partial charge is 0.511 e. The number of nitrogens with zero attached hydrogens (tertiary/aromatic N) is 2. The molecule has 0 aliphatic heterocycles. The van der Waals surface area contributed by atoms with Gasteiger partial charge >= 0.3 is 0 Å². The molecule has 1 aromatic carbocycles. The van der Waals surface area contributed by atoms with Gasteiger partial charge in [-0.1, -0.05) is 0 Å². The van der Waals surface area contributed by atoms with Gasteiger partial charge in [-0.25, -0.2) is 0 Å². The number of amides is 1. The van der Waals surface area contributed by atoms with E-state index in [1.54, 1.807) is 30.5 Å². The van der Waals surface area contributed by atoms with Crippen LogP contribution in [0.2, 0.25) is 0 Å². The number of hydrogen-bond acceptors (Lipinski definition) is 4. The number of nitriles is 1. The highest BCUT2D eigenvalue weighted by Gasteiger charge is 2.12. The Morgan fingerprint density at radius 2 is 2.33 bits per heavy atom. The number of hydrogen-bond donors (Lipinski definition) is 3. The molecule has 2 aromatic rings. The molecule has 0 spiro atoms. The van der Waals surface area contributed by atoms with Crippen LogP contribution in [-0.4, -0.2) is 21.2 Å². The van der Waals surface area contributed by atoms with Crippen molar-refractivity contribution in [2.75, 3.05) is 5.32 Å². The van der Waals surface area contributed by atoms with Crippen LogP contribution >= 0.6 is 0 Å². The third-order valence-electron chi connectivity index (χ3n) is 2.40. The first-order chi connectivity index (χ1) is 8.61. The van der Waals surface area contributed by atoms with Crippen LogP contribution in [0.25, 0.3) is 10.9 Å². The Hall–Kier alpha value is -2.81. The molecule has 0 bridgehead atoms. The molecule has 0 radical (unpaired) electrons. The van der Waals surface area contributed by atoms with E-state index in [0.717, 1.165) is 10.9 Å². The Balaban J connectivity index is 2.26. The number of carbonyl (C=O) groups is 1. The van der Waals surface area contributed by atoms with E-state index in [9.17, 15) is 9.90 Å². The second-order valence-electron chi connectivity index (χ2n) is 3.70. The van der Waals surface area contributed by atoms with Crippen molar-refractivity contribution < 1.29 is 9.90 Å². The van der Waals surface area contributed by atoms with Crippen LogP contribution in [0, 0.1) is 11.3 Å². The standard InChI is InChI=1S/C12H10N4O2/c1-7(17)10(5-13)12(18)15-9-3-2-8-6-14-16-11(8)4-9/h2-4,6,17H,1H3,(H,14,16)(H,15,18)/b10-7-. The summed E-state index contributed by atoms with van der Waals surface area (Å²) in [5, 5.41) is 28.0. The van der Waals surface area contributed by atoms with Gasteiger partial charge in [0, 0.05) is 11.1 Å². The highest BCUT2D eigenvalue weighted by molar-refractivity contribution is 6.07. The van der Waals surface area contributed by atoms with Crippen molar-refractivity contribution in [2.24, 2.45) is 0 Å². The van der Waals surface area contributed by atoms with Crippen molar-refractivity contribution in [1.82, 2.24) is 10.2 Å². The zero-order chi connectivity index (χ0) is 13.1. The maximum atomic E-state index is 11.7. The van der Waals surface area contributed by atoms with Crippen LogP contribution in [-0.2, 0) is 4.79 Å². The van der Waals surface area contributed by atoms with Crippen molar-refractivity contribution in [3.63, 3.8) is 0 Å². The number of fused-ring (bicyclic) bond motifs is 1. The number of anilines is 1. The van der Waals surface area contributed by atoms with Crippen LogP contribution in [0.1, 0.15) is 6.92 Å². The first kappa shape index (κ1) is 11.7. The minimum atomic E-state index is -0.642. The number of carbonyl (C=O) groups excluding carboxylic acids is 1. The lowest BCUT2D eigenvalue weighted by Gasteiger charge is -2.04. The Morgan fingerprint density at radius 3 is 3.00 bits per heavy atom. The fourth-order valence-electron chi connectivity index (χ4n) is 1.50. The van der Waals surface area contributed by atoms with Crippen LogP contribution in [0.15, 0.2) is 35.7 Å². The molecular formula is C12H10N4O2. The van der Waals surface area contributed by atoms with Gasteiger partial charge in [0.15, 0.2) is 5.57 Å². The van der Waals surface area contributed by atoms with Gasteiger partial charge in [0.1, 0.15) is 11.8 Å². The van der Waals surface area contributed by atoms with Crippen molar-refractivity contribution in [2.45, 2.75) is 6.92 Å². The van der Waals surface area contributed by atoms with E-state index in [4.69, 9.17) is 5.26 Å². The summed E-state index contributed by atoms with van der Waals surface area (Å²) in [7, 11) is 0. The van der Waals surface area contributed by atoms with E-state index in [2.05, 4.69) is 15.5 Å². The molecular weight excluding hydrogens is 232 g/mol. The minimum Gasteiger partial charge on any atom is -0.511 e. The second kappa shape index (κ2) is 4.59. The van der Waals surface area contributed by atoms with Gasteiger partial charge in [0.25, 0.3) is 5.91 Å². The summed E-state index contributed by atoms with van der Waals surface area (Å²) in [4.78, 5) is 11.7. The van der Waals surface area contributed by atoms with Crippen LogP contribution < -0.4 is 5.32 Å². The monoisotopic (exact) mass is 242 g/mol. The summed E-state index contributed by atoms with van der Waals surface area (Å²) >= 11 is 0. The lowest BCUT2D eigenvalue weighted by Crippen LogP contribution is -2.14. The third kappa shape index (κ3) is 2.15. The lowest BCUT2D eigenvalue weighted by atomic mass is 10.2. The van der Waals surface area contributed by atoms with Gasteiger partial charge in [-0.05, 0) is 25.1 Å². The number of H-pyrrole nitrogens is 1. The Labute approximate surface area is 103 Å². The summed E-state index contributed by atoms with van der Waals surface area (Å²) in [6, 6.07) is 6.83.